The summed E-state index contributed by atoms with van der Waals surface area (Å²) in [5.41, 5.74) is 1.26. The minimum Gasteiger partial charge on any atom is -0.359 e. The number of H-pyrrole nitrogens is 1. The number of hydrogen-bond donors (Lipinski definition) is 3. The van der Waals surface area contributed by atoms with E-state index in [4.69, 9.17) is 0 Å². The highest BCUT2D eigenvalue weighted by Crippen LogP contribution is 2.17. The standard InChI is InChI=1S/C15H18N4O2/c1-10-17-9-13(18-10)15(21)19-12(8-14(20)16-2)11-6-4-3-5-7-11/h3-7,9,12H,8H2,1-2H3,(H,16,20)(H,17,18)(H,19,21). The molecule has 1 aromatic heterocycles. The smallest absolute Gasteiger partial charge is 0.269 e. The van der Waals surface area contributed by atoms with Crippen molar-refractivity contribution in [2.45, 2.75) is 19.4 Å². The van der Waals surface area contributed by atoms with Crippen molar-refractivity contribution in [3.8, 4) is 0 Å². The van der Waals surface area contributed by atoms with E-state index in [0.29, 0.717) is 11.5 Å². The number of imidazole rings is 1. The number of aryl methyl sites for hydroxylation is 1. The van der Waals surface area contributed by atoms with Gasteiger partial charge in [-0.3, -0.25) is 9.59 Å². The highest BCUT2D eigenvalue weighted by molar-refractivity contribution is 5.92. The number of nitrogens with zero attached hydrogens (tertiary/aromatic N) is 1. The third-order valence-electron chi connectivity index (χ3n) is 3.12. The van der Waals surface area contributed by atoms with Crippen molar-refractivity contribution < 1.29 is 9.59 Å². The van der Waals surface area contributed by atoms with Crippen LogP contribution in [0.15, 0.2) is 36.5 Å². The highest BCUT2D eigenvalue weighted by Gasteiger charge is 2.19. The van der Waals surface area contributed by atoms with Crippen LogP contribution in [0.25, 0.3) is 0 Å². The van der Waals surface area contributed by atoms with Crippen molar-refractivity contribution >= 4 is 11.8 Å². The van der Waals surface area contributed by atoms with Gasteiger partial charge < -0.3 is 15.6 Å². The monoisotopic (exact) mass is 286 g/mol. The molecule has 2 amide bonds. The van der Waals surface area contributed by atoms with Gasteiger partial charge in [0.25, 0.3) is 5.91 Å². The lowest BCUT2D eigenvalue weighted by Crippen LogP contribution is -2.33. The van der Waals surface area contributed by atoms with Gasteiger partial charge in [-0.15, -0.1) is 0 Å². The summed E-state index contributed by atoms with van der Waals surface area (Å²) in [6.45, 7) is 1.77. The van der Waals surface area contributed by atoms with Crippen LogP contribution < -0.4 is 10.6 Å². The molecule has 0 saturated heterocycles. The van der Waals surface area contributed by atoms with Crippen LogP contribution in [0.2, 0.25) is 0 Å². The Hall–Kier alpha value is -2.63. The van der Waals surface area contributed by atoms with Crippen molar-refractivity contribution in [1.29, 1.82) is 0 Å². The Labute approximate surface area is 123 Å². The fourth-order valence-electron chi connectivity index (χ4n) is 2.00. The topological polar surface area (TPSA) is 86.9 Å². The Balaban J connectivity index is 2.16. The number of benzene rings is 1. The molecule has 0 bridgehead atoms. The molecule has 21 heavy (non-hydrogen) atoms. The van der Waals surface area contributed by atoms with E-state index < -0.39 is 0 Å². The van der Waals surface area contributed by atoms with Crippen molar-refractivity contribution in [2.24, 2.45) is 0 Å². The number of carbonyl (C=O) groups excluding carboxylic acids is 2. The van der Waals surface area contributed by atoms with Gasteiger partial charge in [0.2, 0.25) is 5.91 Å². The lowest BCUT2D eigenvalue weighted by Gasteiger charge is -2.18. The van der Waals surface area contributed by atoms with Crippen LogP contribution in [0.4, 0.5) is 0 Å². The summed E-state index contributed by atoms with van der Waals surface area (Å²) < 4.78 is 0. The molecule has 6 heteroatoms. The summed E-state index contributed by atoms with van der Waals surface area (Å²) in [5, 5.41) is 5.43. The molecule has 0 fully saturated rings. The van der Waals surface area contributed by atoms with Crippen molar-refractivity contribution in [2.75, 3.05) is 7.05 Å². The molecule has 0 saturated carbocycles. The Kier molecular flexibility index (Phi) is 4.71. The van der Waals surface area contributed by atoms with Gasteiger partial charge in [0.15, 0.2) is 0 Å². The summed E-state index contributed by atoms with van der Waals surface area (Å²) in [5.74, 6) is 0.251. The third-order valence-corrected chi connectivity index (χ3v) is 3.12. The summed E-state index contributed by atoms with van der Waals surface area (Å²) in [6, 6.07) is 9.01. The predicted octanol–water partition coefficient (Wildman–Crippen LogP) is 1.33. The van der Waals surface area contributed by atoms with Gasteiger partial charge in [-0.1, -0.05) is 30.3 Å². The fourth-order valence-corrected chi connectivity index (χ4v) is 2.00. The maximum absolute atomic E-state index is 12.2. The second kappa shape index (κ2) is 6.69. The summed E-state index contributed by atoms with van der Waals surface area (Å²) in [7, 11) is 1.57. The molecule has 2 aromatic rings. The highest BCUT2D eigenvalue weighted by atomic mass is 16.2. The van der Waals surface area contributed by atoms with Crippen LogP contribution in [0, 0.1) is 6.92 Å². The number of carbonyl (C=O) groups is 2. The first-order valence-corrected chi connectivity index (χ1v) is 6.68. The molecule has 0 radical (unpaired) electrons. The molecule has 2 rings (SSSR count). The minimum atomic E-state index is -0.387. The zero-order valence-corrected chi connectivity index (χ0v) is 12.0. The van der Waals surface area contributed by atoms with E-state index >= 15 is 0 Å². The Morgan fingerprint density at radius 3 is 2.57 bits per heavy atom. The first-order chi connectivity index (χ1) is 10.1. The van der Waals surface area contributed by atoms with E-state index in [2.05, 4.69) is 20.6 Å². The van der Waals surface area contributed by atoms with Gasteiger partial charge in [-0.2, -0.15) is 0 Å². The maximum Gasteiger partial charge on any atom is 0.269 e. The number of rotatable bonds is 5. The van der Waals surface area contributed by atoms with Crippen molar-refractivity contribution in [3.05, 3.63) is 53.6 Å². The van der Waals surface area contributed by atoms with Gasteiger partial charge in [0, 0.05) is 7.05 Å². The SMILES string of the molecule is CNC(=O)CC(NC(=O)c1cnc(C)[nH]1)c1ccccc1. The van der Waals surface area contributed by atoms with Gasteiger partial charge >= 0.3 is 0 Å². The first kappa shape index (κ1) is 14.8. The summed E-state index contributed by atoms with van der Waals surface area (Å²) in [4.78, 5) is 30.7. The maximum atomic E-state index is 12.2. The molecule has 0 aliphatic heterocycles. The van der Waals surface area contributed by atoms with Crippen LogP contribution in [0.1, 0.15) is 34.3 Å². The molecule has 1 unspecified atom stereocenters. The molecule has 0 aliphatic carbocycles. The van der Waals surface area contributed by atoms with E-state index in [1.165, 1.54) is 6.20 Å². The molecular weight excluding hydrogens is 268 g/mol. The fraction of sp³-hybridized carbons (Fsp3) is 0.267. The van der Waals surface area contributed by atoms with Gasteiger partial charge in [0.05, 0.1) is 18.7 Å². The summed E-state index contributed by atoms with van der Waals surface area (Å²) in [6.07, 6.45) is 1.66. The lowest BCUT2D eigenvalue weighted by molar-refractivity contribution is -0.121. The molecule has 6 nitrogen and oxygen atoms in total. The first-order valence-electron chi connectivity index (χ1n) is 6.68. The van der Waals surface area contributed by atoms with E-state index in [-0.39, 0.29) is 24.3 Å². The molecule has 1 aromatic carbocycles. The van der Waals surface area contributed by atoms with Crippen LogP contribution in [-0.2, 0) is 4.79 Å². The number of nitrogens with one attached hydrogen (secondary N) is 3. The Bertz CT molecular complexity index is 622. The molecule has 0 aliphatic rings. The zero-order chi connectivity index (χ0) is 15.2. The molecule has 1 heterocycles. The average Bonchev–Trinajstić information content (AvgIpc) is 2.94. The van der Waals surface area contributed by atoms with Crippen LogP contribution >= 0.6 is 0 Å². The number of aromatic nitrogens is 2. The minimum absolute atomic E-state index is 0.134. The van der Waals surface area contributed by atoms with Crippen molar-refractivity contribution in [3.63, 3.8) is 0 Å². The largest absolute Gasteiger partial charge is 0.359 e. The van der Waals surface area contributed by atoms with E-state index in [0.717, 1.165) is 5.56 Å². The normalized spacial score (nSPS) is 11.7. The quantitative estimate of drug-likeness (QED) is 0.775. The number of hydrogen-bond acceptors (Lipinski definition) is 3. The lowest BCUT2D eigenvalue weighted by atomic mass is 10.0. The Morgan fingerprint density at radius 1 is 1.29 bits per heavy atom. The predicted molar refractivity (Wildman–Crippen MR) is 78.7 cm³/mol. The van der Waals surface area contributed by atoms with E-state index in [1.54, 1.807) is 14.0 Å². The number of amides is 2. The van der Waals surface area contributed by atoms with E-state index in [9.17, 15) is 9.59 Å². The van der Waals surface area contributed by atoms with Gasteiger partial charge in [0.1, 0.15) is 11.5 Å². The average molecular weight is 286 g/mol. The number of aromatic amines is 1. The molecule has 1 atom stereocenters. The van der Waals surface area contributed by atoms with Crippen LogP contribution in [-0.4, -0.2) is 28.8 Å². The summed E-state index contributed by atoms with van der Waals surface area (Å²) >= 11 is 0. The third kappa shape index (κ3) is 3.92. The molecule has 110 valence electrons. The second-order valence-corrected chi connectivity index (χ2v) is 4.70. The van der Waals surface area contributed by atoms with Crippen LogP contribution in [0.3, 0.4) is 0 Å². The van der Waals surface area contributed by atoms with Crippen LogP contribution in [0.5, 0.6) is 0 Å². The van der Waals surface area contributed by atoms with E-state index in [1.807, 2.05) is 30.3 Å². The molecular formula is C15H18N4O2. The Morgan fingerprint density at radius 2 is 2.00 bits per heavy atom. The van der Waals surface area contributed by atoms with Gasteiger partial charge in [-0.25, -0.2) is 4.98 Å². The van der Waals surface area contributed by atoms with Crippen molar-refractivity contribution in [1.82, 2.24) is 20.6 Å². The zero-order valence-electron chi connectivity index (χ0n) is 12.0. The molecule has 3 N–H and O–H groups in total. The van der Waals surface area contributed by atoms with Gasteiger partial charge in [-0.05, 0) is 12.5 Å². The second-order valence-electron chi connectivity index (χ2n) is 4.70. The molecule has 0 spiro atoms.